The number of anilines is 1. The number of hydrogen-bond acceptors (Lipinski definition) is 4. The molecule has 9 heteroatoms. The zero-order valence-corrected chi connectivity index (χ0v) is 17.6. The van der Waals surface area contributed by atoms with Gasteiger partial charge in [-0.15, -0.1) is 0 Å². The van der Waals surface area contributed by atoms with Crippen LogP contribution in [0, 0.1) is 13.8 Å². The third-order valence-electron chi connectivity index (χ3n) is 5.86. The molecule has 0 atom stereocenters. The Morgan fingerprint density at radius 2 is 1.80 bits per heavy atom. The number of aromatic nitrogens is 2. The molecule has 0 saturated heterocycles. The molecule has 160 valence electrons. The Kier molecular flexibility index (Phi) is 5.06. The second-order valence-corrected chi connectivity index (χ2v) is 9.71. The lowest BCUT2D eigenvalue weighted by Crippen LogP contribution is -2.40. The van der Waals surface area contributed by atoms with Crippen LogP contribution in [0.1, 0.15) is 36.8 Å². The molecular weight excluding hydrogens is 410 g/mol. The Balaban J connectivity index is 1.62. The van der Waals surface area contributed by atoms with Crippen LogP contribution in [-0.4, -0.2) is 30.6 Å². The minimum Gasteiger partial charge on any atom is -0.382 e. The summed E-state index contributed by atoms with van der Waals surface area (Å²) in [7, 11) is -3.79. The predicted octanol–water partition coefficient (Wildman–Crippen LogP) is 4.29. The maximum Gasteiger partial charge on any atom is 0.248 e. The Hall–Kier alpha value is -2.52. The van der Waals surface area contributed by atoms with E-state index in [1.54, 1.807) is 18.2 Å². The topological polar surface area (TPSA) is 101 Å². The number of alkyl halides is 2. The molecule has 3 aromatic rings. The Bertz CT molecular complexity index is 1210. The van der Waals surface area contributed by atoms with E-state index in [0.29, 0.717) is 5.82 Å². The molecular formula is C21H24F2N4O2S. The van der Waals surface area contributed by atoms with Gasteiger partial charge >= 0.3 is 0 Å². The fraction of sp³-hybridized carbons (Fsp3) is 0.381. The molecule has 1 aliphatic carbocycles. The molecule has 0 radical (unpaired) electrons. The molecule has 30 heavy (non-hydrogen) atoms. The summed E-state index contributed by atoms with van der Waals surface area (Å²) in [6.07, 6.45) is -0.322. The molecule has 1 aliphatic rings. The third-order valence-corrected chi connectivity index (χ3v) is 7.37. The van der Waals surface area contributed by atoms with Gasteiger partial charge in [-0.3, -0.25) is 5.10 Å². The molecule has 0 spiro atoms. The second kappa shape index (κ2) is 7.31. The molecule has 0 bridgehead atoms. The van der Waals surface area contributed by atoms with Crippen LogP contribution < -0.4 is 10.5 Å². The van der Waals surface area contributed by atoms with E-state index in [1.165, 1.54) is 0 Å². The minimum atomic E-state index is -3.79. The van der Waals surface area contributed by atoms with E-state index in [4.69, 9.17) is 5.73 Å². The molecule has 0 aliphatic heterocycles. The van der Waals surface area contributed by atoms with E-state index < -0.39 is 22.0 Å². The van der Waals surface area contributed by atoms with Crippen molar-refractivity contribution in [3.8, 4) is 11.1 Å². The maximum absolute atomic E-state index is 13.3. The fourth-order valence-electron chi connectivity index (χ4n) is 4.15. The van der Waals surface area contributed by atoms with E-state index in [1.807, 2.05) is 26.0 Å². The van der Waals surface area contributed by atoms with Crippen LogP contribution in [-0.2, 0) is 10.0 Å². The van der Waals surface area contributed by atoms with Crippen LogP contribution in [0.25, 0.3) is 22.0 Å². The van der Waals surface area contributed by atoms with Crippen molar-refractivity contribution in [3.05, 3.63) is 41.5 Å². The average Bonchev–Trinajstić information content (AvgIpc) is 3.06. The number of aromatic amines is 1. The summed E-state index contributed by atoms with van der Waals surface area (Å²) in [5.74, 6) is -2.28. The lowest BCUT2D eigenvalue weighted by molar-refractivity contribution is -0.0387. The van der Waals surface area contributed by atoms with Gasteiger partial charge < -0.3 is 5.73 Å². The van der Waals surface area contributed by atoms with E-state index in [2.05, 4.69) is 14.9 Å². The van der Waals surface area contributed by atoms with Crippen LogP contribution in [0.4, 0.5) is 14.6 Å². The standard InChI is InChI=1S/C21H24F2N4O2S/c1-12-11-15(30(28,29)27-14-7-9-21(22,23)10-8-14)3-4-16(12)17-5-6-18-19(13(17)2)20(24)26-25-18/h3-6,11,14,27H,7-10H2,1-2H3,(H3,24,25,26). The summed E-state index contributed by atoms with van der Waals surface area (Å²) in [5.41, 5.74) is 10.4. The van der Waals surface area contributed by atoms with E-state index >= 15 is 0 Å². The lowest BCUT2D eigenvalue weighted by Gasteiger charge is -2.28. The first-order valence-corrected chi connectivity index (χ1v) is 11.3. The molecule has 1 heterocycles. The van der Waals surface area contributed by atoms with Crippen molar-refractivity contribution in [2.45, 2.75) is 56.4 Å². The Morgan fingerprint density at radius 1 is 1.13 bits per heavy atom. The van der Waals surface area contributed by atoms with Crippen LogP contribution in [0.3, 0.4) is 0 Å². The van der Waals surface area contributed by atoms with Gasteiger partial charge in [0.15, 0.2) is 5.82 Å². The predicted molar refractivity (Wildman–Crippen MR) is 113 cm³/mol. The molecule has 0 unspecified atom stereocenters. The van der Waals surface area contributed by atoms with Gasteiger partial charge in [0.1, 0.15) is 0 Å². The molecule has 6 nitrogen and oxygen atoms in total. The van der Waals surface area contributed by atoms with Crippen molar-refractivity contribution in [2.24, 2.45) is 0 Å². The van der Waals surface area contributed by atoms with Gasteiger partial charge in [-0.1, -0.05) is 12.1 Å². The van der Waals surface area contributed by atoms with Crippen molar-refractivity contribution in [1.82, 2.24) is 14.9 Å². The molecule has 4 rings (SSSR count). The van der Waals surface area contributed by atoms with Crippen LogP contribution in [0.5, 0.6) is 0 Å². The minimum absolute atomic E-state index is 0.127. The first-order valence-electron chi connectivity index (χ1n) is 9.82. The average molecular weight is 435 g/mol. The highest BCUT2D eigenvalue weighted by Crippen LogP contribution is 2.35. The number of rotatable bonds is 4. The zero-order valence-electron chi connectivity index (χ0n) is 16.8. The molecule has 2 aromatic carbocycles. The molecule has 1 saturated carbocycles. The number of sulfonamides is 1. The number of nitrogens with two attached hydrogens (primary N) is 1. The molecule has 1 aromatic heterocycles. The summed E-state index contributed by atoms with van der Waals surface area (Å²) in [6.45, 7) is 3.80. The quantitative estimate of drug-likeness (QED) is 0.570. The number of nitrogens with zero attached hydrogens (tertiary/aromatic N) is 1. The van der Waals surface area contributed by atoms with Crippen molar-refractivity contribution in [1.29, 1.82) is 0 Å². The number of H-pyrrole nitrogens is 1. The molecule has 4 N–H and O–H groups in total. The third kappa shape index (κ3) is 3.79. The van der Waals surface area contributed by atoms with Crippen molar-refractivity contribution >= 4 is 26.7 Å². The molecule has 0 amide bonds. The van der Waals surface area contributed by atoms with Gasteiger partial charge in [-0.25, -0.2) is 21.9 Å². The fourth-order valence-corrected chi connectivity index (χ4v) is 5.54. The number of halogens is 2. The van der Waals surface area contributed by atoms with Gasteiger partial charge in [0, 0.05) is 24.3 Å². The van der Waals surface area contributed by atoms with E-state index in [-0.39, 0.29) is 30.6 Å². The number of nitrogens with one attached hydrogen (secondary N) is 2. The maximum atomic E-state index is 13.3. The number of fused-ring (bicyclic) bond motifs is 1. The van der Waals surface area contributed by atoms with Crippen molar-refractivity contribution in [2.75, 3.05) is 5.73 Å². The lowest BCUT2D eigenvalue weighted by atomic mass is 9.93. The monoisotopic (exact) mass is 434 g/mol. The van der Waals surface area contributed by atoms with Gasteiger partial charge in [0.25, 0.3) is 0 Å². The Labute approximate surface area is 173 Å². The summed E-state index contributed by atoms with van der Waals surface area (Å²) >= 11 is 0. The van der Waals surface area contributed by atoms with Gasteiger partial charge in [-0.2, -0.15) is 5.10 Å². The van der Waals surface area contributed by atoms with Gasteiger partial charge in [-0.05, 0) is 67.1 Å². The highest BCUT2D eigenvalue weighted by molar-refractivity contribution is 7.89. The highest BCUT2D eigenvalue weighted by atomic mass is 32.2. The SMILES string of the molecule is Cc1cc(S(=O)(=O)NC2CCC(F)(F)CC2)ccc1-c1ccc2[nH]nc(N)c2c1C. The van der Waals surface area contributed by atoms with E-state index in [9.17, 15) is 17.2 Å². The summed E-state index contributed by atoms with van der Waals surface area (Å²) in [5, 5.41) is 7.77. The largest absolute Gasteiger partial charge is 0.382 e. The highest BCUT2D eigenvalue weighted by Gasteiger charge is 2.36. The van der Waals surface area contributed by atoms with Crippen molar-refractivity contribution < 1.29 is 17.2 Å². The van der Waals surface area contributed by atoms with Gasteiger partial charge in [0.2, 0.25) is 15.9 Å². The van der Waals surface area contributed by atoms with Gasteiger partial charge in [0.05, 0.1) is 10.4 Å². The number of hydrogen-bond donors (Lipinski definition) is 3. The summed E-state index contributed by atoms with van der Waals surface area (Å²) in [6, 6.07) is 8.30. The normalized spacial score (nSPS) is 17.5. The van der Waals surface area contributed by atoms with Crippen LogP contribution in [0.15, 0.2) is 35.2 Å². The first kappa shape index (κ1) is 20.7. The smallest absolute Gasteiger partial charge is 0.248 e. The first-order chi connectivity index (χ1) is 14.1. The Morgan fingerprint density at radius 3 is 2.47 bits per heavy atom. The van der Waals surface area contributed by atoms with Crippen LogP contribution >= 0.6 is 0 Å². The second-order valence-electron chi connectivity index (χ2n) is 8.00. The molecule has 1 fully saturated rings. The number of aryl methyl sites for hydroxylation is 2. The number of benzene rings is 2. The van der Waals surface area contributed by atoms with Crippen LogP contribution in [0.2, 0.25) is 0 Å². The zero-order chi connectivity index (χ0) is 21.7. The van der Waals surface area contributed by atoms with E-state index in [0.717, 1.165) is 33.2 Å². The summed E-state index contributed by atoms with van der Waals surface area (Å²) in [4.78, 5) is 0.127. The summed E-state index contributed by atoms with van der Waals surface area (Å²) < 4.78 is 54.8. The van der Waals surface area contributed by atoms with Crippen molar-refractivity contribution in [3.63, 3.8) is 0 Å². The number of nitrogen functional groups attached to an aromatic ring is 1.